The monoisotopic (exact) mass is 400 g/mol. The van der Waals surface area contributed by atoms with E-state index in [0.717, 1.165) is 16.9 Å². The third-order valence-corrected chi connectivity index (χ3v) is 4.73. The van der Waals surface area contributed by atoms with Crippen LogP contribution in [0.3, 0.4) is 0 Å². The first kappa shape index (κ1) is 17.9. The number of hydrogen-bond acceptors (Lipinski definition) is 5. The van der Waals surface area contributed by atoms with Gasteiger partial charge in [0.05, 0.1) is 11.4 Å². The number of anilines is 2. The van der Waals surface area contributed by atoms with Crippen LogP contribution in [0, 0.1) is 12.7 Å². The fraction of sp³-hybridized carbons (Fsp3) is 0.0455. The maximum Gasteiger partial charge on any atom is 0.161 e. The van der Waals surface area contributed by atoms with Gasteiger partial charge in [0.15, 0.2) is 5.65 Å². The molecule has 0 aliphatic carbocycles. The van der Waals surface area contributed by atoms with Crippen LogP contribution in [0.4, 0.5) is 15.8 Å². The molecule has 0 fully saturated rings. The minimum Gasteiger partial charge on any atom is -0.506 e. The number of benzene rings is 2. The zero-order valence-electron chi connectivity index (χ0n) is 16.0. The number of halogens is 1. The molecule has 2 aromatic carbocycles. The van der Waals surface area contributed by atoms with Crippen LogP contribution in [-0.2, 0) is 0 Å². The molecular weight excluding hydrogens is 383 g/mol. The van der Waals surface area contributed by atoms with E-state index in [1.54, 1.807) is 37.5 Å². The number of rotatable bonds is 4. The second kappa shape index (κ2) is 7.00. The number of aromatic nitrogens is 5. The first-order chi connectivity index (χ1) is 14.6. The van der Waals surface area contributed by atoms with Crippen LogP contribution in [0.5, 0.6) is 5.75 Å². The second-order valence-electron chi connectivity index (χ2n) is 6.85. The molecule has 0 saturated heterocycles. The predicted molar refractivity (Wildman–Crippen MR) is 112 cm³/mol. The number of fused-ring (bicyclic) bond motifs is 1. The number of phenols is 1. The van der Waals surface area contributed by atoms with Crippen molar-refractivity contribution in [2.75, 3.05) is 5.32 Å². The highest BCUT2D eigenvalue weighted by molar-refractivity contribution is 5.77. The Morgan fingerprint density at radius 3 is 2.63 bits per heavy atom. The summed E-state index contributed by atoms with van der Waals surface area (Å²) in [6, 6.07) is 15.3. The SMILES string of the molecule is Cc1ncn(-c2ccc(Nc3cccn4cc(-c5ccc(F)cc5)nc34)cc2O)n1. The van der Waals surface area contributed by atoms with Gasteiger partial charge in [-0.25, -0.2) is 19.0 Å². The zero-order valence-corrected chi connectivity index (χ0v) is 16.0. The molecular formula is C22H17FN6O. The van der Waals surface area contributed by atoms with Crippen molar-refractivity contribution >= 4 is 17.0 Å². The van der Waals surface area contributed by atoms with Gasteiger partial charge in [0.1, 0.15) is 29.4 Å². The highest BCUT2D eigenvalue weighted by Crippen LogP contribution is 2.29. The molecule has 8 heteroatoms. The molecule has 0 saturated carbocycles. The lowest BCUT2D eigenvalue weighted by Gasteiger charge is -2.10. The number of pyridine rings is 1. The zero-order chi connectivity index (χ0) is 20.7. The lowest BCUT2D eigenvalue weighted by atomic mass is 10.2. The largest absolute Gasteiger partial charge is 0.506 e. The van der Waals surface area contributed by atoms with Gasteiger partial charge in [0.2, 0.25) is 0 Å². The standard InChI is InChI=1S/C22H17FN6O/c1-14-24-13-29(27-14)20-9-8-17(11-21(20)30)25-18-3-2-10-28-12-19(26-22(18)28)15-4-6-16(23)7-5-15/h2-13,25,30H,1H3. The molecule has 0 amide bonds. The van der Waals surface area contributed by atoms with Gasteiger partial charge in [-0.3, -0.25) is 0 Å². The molecule has 7 nitrogen and oxygen atoms in total. The van der Waals surface area contributed by atoms with E-state index in [1.807, 2.05) is 35.0 Å². The molecule has 0 radical (unpaired) electrons. The molecule has 5 aromatic rings. The lowest BCUT2D eigenvalue weighted by Crippen LogP contribution is -1.98. The van der Waals surface area contributed by atoms with Gasteiger partial charge in [-0.05, 0) is 55.5 Å². The van der Waals surface area contributed by atoms with E-state index < -0.39 is 0 Å². The quantitative estimate of drug-likeness (QED) is 0.465. The lowest BCUT2D eigenvalue weighted by molar-refractivity contribution is 0.470. The van der Waals surface area contributed by atoms with Crippen molar-refractivity contribution in [2.45, 2.75) is 6.92 Å². The third kappa shape index (κ3) is 3.24. The third-order valence-electron chi connectivity index (χ3n) is 4.73. The molecule has 3 heterocycles. The van der Waals surface area contributed by atoms with E-state index in [2.05, 4.69) is 15.4 Å². The topological polar surface area (TPSA) is 80.3 Å². The molecule has 0 aliphatic rings. The first-order valence-electron chi connectivity index (χ1n) is 9.29. The summed E-state index contributed by atoms with van der Waals surface area (Å²) >= 11 is 0. The molecule has 5 rings (SSSR count). The maximum absolute atomic E-state index is 13.2. The Bertz CT molecular complexity index is 1360. The van der Waals surface area contributed by atoms with Crippen molar-refractivity contribution in [3.63, 3.8) is 0 Å². The number of nitrogens with zero attached hydrogens (tertiary/aromatic N) is 5. The summed E-state index contributed by atoms with van der Waals surface area (Å²) in [5.74, 6) is 0.418. The van der Waals surface area contributed by atoms with Crippen molar-refractivity contribution < 1.29 is 9.50 Å². The molecule has 0 unspecified atom stereocenters. The Morgan fingerprint density at radius 2 is 1.90 bits per heavy atom. The summed E-state index contributed by atoms with van der Waals surface area (Å²) in [5, 5.41) is 18.0. The van der Waals surface area contributed by atoms with E-state index in [1.165, 1.54) is 16.8 Å². The van der Waals surface area contributed by atoms with Crippen molar-refractivity contribution in [1.82, 2.24) is 24.1 Å². The molecule has 30 heavy (non-hydrogen) atoms. The Hall–Kier alpha value is -4.20. The predicted octanol–water partition coefficient (Wildman–Crippen LogP) is 4.48. The van der Waals surface area contributed by atoms with E-state index in [9.17, 15) is 9.50 Å². The van der Waals surface area contributed by atoms with E-state index in [-0.39, 0.29) is 11.6 Å². The van der Waals surface area contributed by atoms with Crippen molar-refractivity contribution in [2.24, 2.45) is 0 Å². The van der Waals surface area contributed by atoms with E-state index >= 15 is 0 Å². The van der Waals surface area contributed by atoms with Crippen LogP contribution in [0.1, 0.15) is 5.82 Å². The number of phenolic OH excluding ortho intramolecular Hbond substituents is 1. The summed E-state index contributed by atoms with van der Waals surface area (Å²) in [6.45, 7) is 1.79. The Labute approximate surface area is 171 Å². The smallest absolute Gasteiger partial charge is 0.161 e. The normalized spacial score (nSPS) is 11.1. The molecule has 2 N–H and O–H groups in total. The molecule has 0 spiro atoms. The summed E-state index contributed by atoms with van der Waals surface area (Å²) in [4.78, 5) is 8.78. The summed E-state index contributed by atoms with van der Waals surface area (Å²) in [6.07, 6.45) is 5.34. The summed E-state index contributed by atoms with van der Waals surface area (Å²) < 4.78 is 16.6. The number of aromatic hydroxyl groups is 1. The van der Waals surface area contributed by atoms with Gasteiger partial charge in [-0.2, -0.15) is 5.10 Å². The van der Waals surface area contributed by atoms with Crippen molar-refractivity contribution in [3.8, 4) is 22.7 Å². The fourth-order valence-electron chi connectivity index (χ4n) is 3.28. The van der Waals surface area contributed by atoms with Crippen LogP contribution in [0.25, 0.3) is 22.6 Å². The second-order valence-corrected chi connectivity index (χ2v) is 6.85. The van der Waals surface area contributed by atoms with Crippen LogP contribution in [0.15, 0.2) is 73.3 Å². The number of imidazole rings is 1. The average molecular weight is 400 g/mol. The Morgan fingerprint density at radius 1 is 1.07 bits per heavy atom. The molecule has 0 aliphatic heterocycles. The Kier molecular flexibility index (Phi) is 4.17. The van der Waals surface area contributed by atoms with Gasteiger partial charge in [-0.15, -0.1) is 0 Å². The average Bonchev–Trinajstić information content (AvgIpc) is 3.36. The van der Waals surface area contributed by atoms with Gasteiger partial charge < -0.3 is 14.8 Å². The number of nitrogens with one attached hydrogen (secondary N) is 1. The van der Waals surface area contributed by atoms with Gasteiger partial charge in [0.25, 0.3) is 0 Å². The molecule has 3 aromatic heterocycles. The number of aryl methyl sites for hydroxylation is 1. The molecule has 0 bridgehead atoms. The first-order valence-corrected chi connectivity index (χ1v) is 9.29. The van der Waals surface area contributed by atoms with Crippen LogP contribution in [-0.4, -0.2) is 29.3 Å². The van der Waals surface area contributed by atoms with E-state index in [4.69, 9.17) is 4.98 Å². The van der Waals surface area contributed by atoms with E-state index in [0.29, 0.717) is 22.8 Å². The van der Waals surface area contributed by atoms with Gasteiger partial charge in [0, 0.05) is 29.7 Å². The van der Waals surface area contributed by atoms with Crippen LogP contribution in [0.2, 0.25) is 0 Å². The molecule has 0 atom stereocenters. The summed E-state index contributed by atoms with van der Waals surface area (Å²) in [5.41, 5.74) is 4.30. The summed E-state index contributed by atoms with van der Waals surface area (Å²) in [7, 11) is 0. The minimum absolute atomic E-state index is 0.0761. The van der Waals surface area contributed by atoms with Gasteiger partial charge in [-0.1, -0.05) is 0 Å². The fourth-order valence-corrected chi connectivity index (χ4v) is 3.28. The Balaban J connectivity index is 1.48. The number of hydrogen-bond donors (Lipinski definition) is 2. The highest BCUT2D eigenvalue weighted by atomic mass is 19.1. The highest BCUT2D eigenvalue weighted by Gasteiger charge is 2.11. The van der Waals surface area contributed by atoms with Crippen LogP contribution < -0.4 is 5.32 Å². The minimum atomic E-state index is -0.283. The maximum atomic E-state index is 13.2. The van der Waals surface area contributed by atoms with Gasteiger partial charge >= 0.3 is 0 Å². The molecule has 148 valence electrons. The van der Waals surface area contributed by atoms with Crippen molar-refractivity contribution in [1.29, 1.82) is 0 Å². The van der Waals surface area contributed by atoms with Crippen LogP contribution >= 0.6 is 0 Å². The van der Waals surface area contributed by atoms with Crippen molar-refractivity contribution in [3.05, 3.63) is 85.0 Å².